The summed E-state index contributed by atoms with van der Waals surface area (Å²) < 4.78 is 95.2. The molecule has 5 nitrogen and oxygen atoms in total. The van der Waals surface area contributed by atoms with Crippen LogP contribution in [0.4, 0.5) is 22.0 Å². The first-order valence-electron chi connectivity index (χ1n) is 7.55. The van der Waals surface area contributed by atoms with Gasteiger partial charge < -0.3 is 4.52 Å². The van der Waals surface area contributed by atoms with E-state index in [4.69, 9.17) is 5.14 Å². The van der Waals surface area contributed by atoms with E-state index in [1.54, 1.807) is 0 Å². The van der Waals surface area contributed by atoms with Gasteiger partial charge in [-0.3, -0.25) is 0 Å². The monoisotopic (exact) mass is 418 g/mol. The van der Waals surface area contributed by atoms with Crippen LogP contribution in [0.2, 0.25) is 0 Å². The number of primary sulfonamides is 1. The third-order valence-electron chi connectivity index (χ3n) is 3.92. The molecule has 0 aliphatic heterocycles. The van der Waals surface area contributed by atoms with Gasteiger partial charge in [-0.2, -0.15) is 13.2 Å². The third kappa shape index (κ3) is 3.62. The van der Waals surface area contributed by atoms with Crippen LogP contribution in [0, 0.1) is 18.6 Å². The molecule has 3 rings (SSSR count). The summed E-state index contributed by atoms with van der Waals surface area (Å²) in [5.74, 6) is -3.57. The van der Waals surface area contributed by atoms with Crippen LogP contribution in [0.5, 0.6) is 0 Å². The van der Waals surface area contributed by atoms with Crippen molar-refractivity contribution in [3.8, 4) is 22.4 Å². The predicted octanol–water partition coefficient (Wildman–Crippen LogP) is 4.26. The molecule has 2 aromatic carbocycles. The highest BCUT2D eigenvalue weighted by molar-refractivity contribution is 7.89. The number of nitrogens with two attached hydrogens (primary N) is 1. The summed E-state index contributed by atoms with van der Waals surface area (Å²) in [6, 6.07) is 5.85. The zero-order valence-corrected chi connectivity index (χ0v) is 14.8. The van der Waals surface area contributed by atoms with Gasteiger partial charge >= 0.3 is 6.18 Å². The Labute approximate surface area is 155 Å². The van der Waals surface area contributed by atoms with E-state index in [2.05, 4.69) is 9.68 Å². The van der Waals surface area contributed by atoms with E-state index in [0.717, 1.165) is 18.2 Å². The Bertz CT molecular complexity index is 1170. The van der Waals surface area contributed by atoms with Crippen molar-refractivity contribution in [1.29, 1.82) is 0 Å². The Balaban J connectivity index is 2.28. The summed E-state index contributed by atoms with van der Waals surface area (Å²) in [5, 5.41) is 8.23. The van der Waals surface area contributed by atoms with Crippen molar-refractivity contribution in [2.75, 3.05) is 0 Å². The second-order valence-electron chi connectivity index (χ2n) is 5.89. The van der Waals surface area contributed by atoms with Gasteiger partial charge in [0.2, 0.25) is 15.8 Å². The molecule has 0 saturated heterocycles. The molecule has 0 spiro atoms. The Hall–Kier alpha value is -2.79. The molecule has 0 radical (unpaired) electrons. The Morgan fingerprint density at radius 1 is 1.00 bits per heavy atom. The highest BCUT2D eigenvalue weighted by Crippen LogP contribution is 2.43. The van der Waals surface area contributed by atoms with Gasteiger partial charge in [0.05, 0.1) is 5.56 Å². The lowest BCUT2D eigenvalue weighted by atomic mass is 9.98. The van der Waals surface area contributed by atoms with Crippen LogP contribution in [-0.4, -0.2) is 13.6 Å². The van der Waals surface area contributed by atoms with E-state index >= 15 is 0 Å². The maximum atomic E-state index is 14.2. The van der Waals surface area contributed by atoms with Crippen LogP contribution >= 0.6 is 0 Å². The van der Waals surface area contributed by atoms with E-state index in [1.807, 2.05) is 0 Å². The van der Waals surface area contributed by atoms with E-state index < -0.39 is 44.1 Å². The lowest BCUT2D eigenvalue weighted by Gasteiger charge is -2.09. The average Bonchev–Trinajstić information content (AvgIpc) is 3.01. The topological polar surface area (TPSA) is 86.2 Å². The number of rotatable bonds is 3. The number of aromatic nitrogens is 1. The summed E-state index contributed by atoms with van der Waals surface area (Å²) in [4.78, 5) is -0.885. The Kier molecular flexibility index (Phi) is 4.76. The summed E-state index contributed by atoms with van der Waals surface area (Å²) in [5.41, 5.74) is -1.18. The first-order valence-corrected chi connectivity index (χ1v) is 9.10. The van der Waals surface area contributed by atoms with Crippen molar-refractivity contribution < 1.29 is 34.9 Å². The number of alkyl halides is 3. The number of sulfonamides is 1. The smallest absolute Gasteiger partial charge is 0.350 e. The number of benzene rings is 2. The van der Waals surface area contributed by atoms with Gasteiger partial charge in [0.25, 0.3) is 0 Å². The van der Waals surface area contributed by atoms with E-state index in [1.165, 1.54) is 19.1 Å². The van der Waals surface area contributed by atoms with Crippen molar-refractivity contribution in [1.82, 2.24) is 5.16 Å². The minimum atomic E-state index is -4.99. The molecule has 1 heterocycles. The lowest BCUT2D eigenvalue weighted by Crippen LogP contribution is -2.14. The second kappa shape index (κ2) is 6.67. The summed E-state index contributed by atoms with van der Waals surface area (Å²) in [7, 11) is -4.42. The molecule has 0 aliphatic rings. The zero-order chi connectivity index (χ0) is 20.9. The van der Waals surface area contributed by atoms with Crippen LogP contribution in [0.15, 0.2) is 45.8 Å². The molecule has 2 N–H and O–H groups in total. The normalized spacial score (nSPS) is 12.4. The predicted molar refractivity (Wildman–Crippen MR) is 88.4 cm³/mol. The zero-order valence-electron chi connectivity index (χ0n) is 14.0. The Morgan fingerprint density at radius 2 is 1.61 bits per heavy atom. The molecule has 0 amide bonds. The number of hydrogen-bond acceptors (Lipinski definition) is 4. The molecule has 1 aromatic heterocycles. The van der Waals surface area contributed by atoms with Crippen LogP contribution in [0.3, 0.4) is 0 Å². The van der Waals surface area contributed by atoms with Crippen LogP contribution in [0.25, 0.3) is 22.4 Å². The molecule has 0 atom stereocenters. The summed E-state index contributed by atoms with van der Waals surface area (Å²) in [6.07, 6.45) is -4.99. The molecule has 11 heteroatoms. The number of halogens is 5. The number of hydrogen-bond donors (Lipinski definition) is 1. The maximum Gasteiger partial charge on any atom is 0.453 e. The van der Waals surface area contributed by atoms with E-state index in [0.29, 0.717) is 6.07 Å². The molecule has 148 valence electrons. The minimum absolute atomic E-state index is 0.0340. The Morgan fingerprint density at radius 3 is 2.14 bits per heavy atom. The van der Waals surface area contributed by atoms with Gasteiger partial charge in [0.15, 0.2) is 0 Å². The molecule has 0 bridgehead atoms. The minimum Gasteiger partial charge on any atom is -0.350 e. The van der Waals surface area contributed by atoms with Gasteiger partial charge in [0, 0.05) is 5.56 Å². The van der Waals surface area contributed by atoms with Gasteiger partial charge in [-0.25, -0.2) is 22.3 Å². The number of nitrogens with zero attached hydrogens (tertiary/aromatic N) is 1. The molecular formula is C17H11F5N2O3S. The highest BCUT2D eigenvalue weighted by atomic mass is 32.2. The van der Waals surface area contributed by atoms with Crippen LogP contribution < -0.4 is 5.14 Å². The average molecular weight is 418 g/mol. The fourth-order valence-corrected chi connectivity index (χ4v) is 3.16. The van der Waals surface area contributed by atoms with Gasteiger partial charge in [-0.15, -0.1) is 0 Å². The van der Waals surface area contributed by atoms with E-state index in [-0.39, 0.29) is 22.4 Å². The van der Waals surface area contributed by atoms with Crippen molar-refractivity contribution >= 4 is 10.0 Å². The van der Waals surface area contributed by atoms with Crippen molar-refractivity contribution in [3.63, 3.8) is 0 Å². The molecular weight excluding hydrogens is 407 g/mol. The highest BCUT2D eigenvalue weighted by Gasteiger charge is 2.41. The quantitative estimate of drug-likeness (QED) is 0.644. The van der Waals surface area contributed by atoms with Crippen LogP contribution in [0.1, 0.15) is 11.3 Å². The SMILES string of the molecule is Cc1ccc(-c2noc(C(F)(F)F)c2-c2ccc(S(N)(=O)=O)c(F)c2)cc1F. The van der Waals surface area contributed by atoms with Gasteiger partial charge in [-0.1, -0.05) is 23.4 Å². The van der Waals surface area contributed by atoms with Crippen molar-refractivity contribution in [2.24, 2.45) is 5.14 Å². The van der Waals surface area contributed by atoms with Gasteiger partial charge in [0.1, 0.15) is 22.2 Å². The maximum absolute atomic E-state index is 14.2. The van der Waals surface area contributed by atoms with Crippen LogP contribution in [-0.2, 0) is 16.2 Å². The summed E-state index contributed by atoms with van der Waals surface area (Å²) in [6.45, 7) is 1.46. The van der Waals surface area contributed by atoms with Crippen molar-refractivity contribution in [2.45, 2.75) is 18.0 Å². The lowest BCUT2D eigenvalue weighted by molar-refractivity contribution is -0.154. The summed E-state index contributed by atoms with van der Waals surface area (Å²) >= 11 is 0. The molecule has 0 unspecified atom stereocenters. The molecule has 28 heavy (non-hydrogen) atoms. The molecule has 0 saturated carbocycles. The fraction of sp³-hybridized carbons (Fsp3) is 0.118. The molecule has 0 aliphatic carbocycles. The first-order chi connectivity index (χ1) is 12.9. The first kappa shape index (κ1) is 20.0. The van der Waals surface area contributed by atoms with E-state index in [9.17, 15) is 30.4 Å². The fourth-order valence-electron chi connectivity index (χ4n) is 2.58. The largest absolute Gasteiger partial charge is 0.453 e. The third-order valence-corrected chi connectivity index (χ3v) is 4.87. The molecule has 0 fully saturated rings. The number of aryl methyl sites for hydroxylation is 1. The van der Waals surface area contributed by atoms with Crippen molar-refractivity contribution in [3.05, 3.63) is 59.4 Å². The second-order valence-corrected chi connectivity index (χ2v) is 7.42. The standard InChI is InChI=1S/C17H11F5N2O3S/c1-8-2-3-10(7-11(8)18)15-14(16(27-24-15)17(20,21)22)9-4-5-13(12(19)6-9)28(23,25)26/h2-7H,1H3,(H2,23,25,26). The van der Waals surface area contributed by atoms with Gasteiger partial charge in [-0.05, 0) is 36.2 Å². The molecule has 3 aromatic rings.